The Morgan fingerprint density at radius 2 is 1.86 bits per heavy atom. The molecule has 152 valence electrons. The number of amides is 2. The number of thioether (sulfide) groups is 1. The van der Waals surface area contributed by atoms with E-state index in [4.69, 9.17) is 9.47 Å². The lowest BCUT2D eigenvalue weighted by Crippen LogP contribution is -2.34. The Bertz CT molecular complexity index is 943. The van der Waals surface area contributed by atoms with Crippen LogP contribution in [-0.4, -0.2) is 28.7 Å². The first-order chi connectivity index (χ1) is 13.9. The zero-order valence-electron chi connectivity index (χ0n) is 16.5. The monoisotopic (exact) mass is 475 g/mol. The zero-order valence-corrected chi connectivity index (χ0v) is 18.9. The minimum absolute atomic E-state index is 0.173. The van der Waals surface area contributed by atoms with Crippen LogP contribution in [-0.2, 0) is 11.4 Å². The molecule has 0 atom stereocenters. The fraction of sp³-hybridized carbons (Fsp3) is 0.273. The van der Waals surface area contributed by atoms with Crippen LogP contribution in [0.5, 0.6) is 11.5 Å². The molecule has 0 N–H and O–H groups in total. The molecule has 0 spiro atoms. The molecule has 3 rings (SSSR count). The van der Waals surface area contributed by atoms with Gasteiger partial charge in [-0.25, -0.2) is 0 Å². The van der Waals surface area contributed by atoms with Gasteiger partial charge >= 0.3 is 0 Å². The summed E-state index contributed by atoms with van der Waals surface area (Å²) < 4.78 is 12.5. The zero-order chi connectivity index (χ0) is 21.0. The number of carbonyl (C=O) groups excluding carboxylic acids is 2. The second-order valence-corrected chi connectivity index (χ2v) is 8.53. The normalized spacial score (nSPS) is 15.5. The second kappa shape index (κ2) is 9.50. The smallest absolute Gasteiger partial charge is 0.293 e. The highest BCUT2D eigenvalue weighted by atomic mass is 79.9. The van der Waals surface area contributed by atoms with Crippen molar-refractivity contribution in [2.24, 2.45) is 0 Å². The van der Waals surface area contributed by atoms with Crippen molar-refractivity contribution in [3.05, 3.63) is 63.0 Å². The van der Waals surface area contributed by atoms with Crippen LogP contribution in [0.15, 0.2) is 51.8 Å². The summed E-state index contributed by atoms with van der Waals surface area (Å²) in [5, 5.41) is -0.247. The third-order valence-electron chi connectivity index (χ3n) is 4.20. The number of benzene rings is 2. The van der Waals surface area contributed by atoms with Crippen LogP contribution in [0.3, 0.4) is 0 Å². The summed E-state index contributed by atoms with van der Waals surface area (Å²) in [6, 6.07) is 13.4. The van der Waals surface area contributed by atoms with Crippen LogP contribution in [0, 0.1) is 0 Å². The van der Waals surface area contributed by atoms with E-state index in [0.29, 0.717) is 34.1 Å². The van der Waals surface area contributed by atoms with Crippen molar-refractivity contribution in [2.45, 2.75) is 33.4 Å². The summed E-state index contributed by atoms with van der Waals surface area (Å²) in [4.78, 5) is 26.3. The lowest BCUT2D eigenvalue weighted by Gasteiger charge is -2.16. The minimum atomic E-state index is -0.270. The van der Waals surface area contributed by atoms with Crippen LogP contribution >= 0.6 is 27.7 Å². The van der Waals surface area contributed by atoms with Gasteiger partial charge in [-0.15, -0.1) is 0 Å². The number of imide groups is 1. The third-order valence-corrected chi connectivity index (χ3v) is 5.67. The highest BCUT2D eigenvalue weighted by Gasteiger charge is 2.36. The molecular weight excluding hydrogens is 454 g/mol. The standard InChI is InChI=1S/C22H22BrNO4S/c1-4-27-18-11-16(12-19-21(25)24(14(2)3)22(26)29-19)10-17(23)20(18)28-13-15-8-6-5-7-9-15/h5-12,14H,4,13H2,1-3H3/b19-12+. The van der Waals surface area contributed by atoms with E-state index >= 15 is 0 Å². The molecule has 0 bridgehead atoms. The lowest BCUT2D eigenvalue weighted by atomic mass is 10.1. The molecule has 1 saturated heterocycles. The molecule has 7 heteroatoms. The first kappa shape index (κ1) is 21.5. The number of halogens is 1. The summed E-state index contributed by atoms with van der Waals surface area (Å²) in [7, 11) is 0. The van der Waals surface area contributed by atoms with E-state index in [0.717, 1.165) is 22.9 Å². The maximum atomic E-state index is 12.5. The van der Waals surface area contributed by atoms with Crippen molar-refractivity contribution < 1.29 is 19.1 Å². The Kier molecular flexibility index (Phi) is 7.03. The van der Waals surface area contributed by atoms with Gasteiger partial charge in [0.05, 0.1) is 16.0 Å². The van der Waals surface area contributed by atoms with E-state index in [-0.39, 0.29) is 17.2 Å². The number of hydrogen-bond donors (Lipinski definition) is 0. The fourth-order valence-corrected chi connectivity index (χ4v) is 4.42. The molecule has 29 heavy (non-hydrogen) atoms. The molecule has 1 aliphatic heterocycles. The topological polar surface area (TPSA) is 55.8 Å². The summed E-state index contributed by atoms with van der Waals surface area (Å²) in [5.74, 6) is 0.906. The number of hydrogen-bond acceptors (Lipinski definition) is 5. The Hall–Kier alpha value is -2.25. The Morgan fingerprint density at radius 3 is 2.48 bits per heavy atom. The van der Waals surface area contributed by atoms with Crippen LogP contribution in [0.4, 0.5) is 4.79 Å². The first-order valence-electron chi connectivity index (χ1n) is 9.30. The molecule has 2 aromatic carbocycles. The molecule has 0 aromatic heterocycles. The molecule has 0 saturated carbocycles. The van der Waals surface area contributed by atoms with Crippen LogP contribution in [0.25, 0.3) is 6.08 Å². The maximum absolute atomic E-state index is 12.5. The summed E-state index contributed by atoms with van der Waals surface area (Å²) in [6.07, 6.45) is 1.71. The van der Waals surface area contributed by atoms with Crippen molar-refractivity contribution in [3.8, 4) is 11.5 Å². The van der Waals surface area contributed by atoms with Crippen LogP contribution < -0.4 is 9.47 Å². The van der Waals surface area contributed by atoms with E-state index in [1.807, 2.05) is 63.2 Å². The maximum Gasteiger partial charge on any atom is 0.293 e. The number of carbonyl (C=O) groups is 2. The minimum Gasteiger partial charge on any atom is -0.490 e. The molecule has 1 aliphatic rings. The number of nitrogens with zero attached hydrogens (tertiary/aromatic N) is 1. The third kappa shape index (κ3) is 5.03. The van der Waals surface area contributed by atoms with E-state index in [9.17, 15) is 9.59 Å². The van der Waals surface area contributed by atoms with Crippen molar-refractivity contribution in [3.63, 3.8) is 0 Å². The number of ether oxygens (including phenoxy) is 2. The van der Waals surface area contributed by atoms with E-state index in [1.54, 1.807) is 6.08 Å². The average Bonchev–Trinajstić information content (AvgIpc) is 2.95. The Balaban J connectivity index is 1.88. The molecule has 0 aliphatic carbocycles. The predicted molar refractivity (Wildman–Crippen MR) is 119 cm³/mol. The molecule has 1 fully saturated rings. The van der Waals surface area contributed by atoms with Gasteiger partial charge in [-0.2, -0.15) is 0 Å². The molecule has 1 heterocycles. The predicted octanol–water partition coefficient (Wildman–Crippen LogP) is 5.87. The van der Waals surface area contributed by atoms with Crippen molar-refractivity contribution in [1.82, 2.24) is 4.90 Å². The van der Waals surface area contributed by atoms with Crippen molar-refractivity contribution >= 4 is 44.9 Å². The summed E-state index contributed by atoms with van der Waals surface area (Å²) >= 11 is 4.50. The van der Waals surface area contributed by atoms with Crippen molar-refractivity contribution in [2.75, 3.05) is 6.61 Å². The Morgan fingerprint density at radius 1 is 1.14 bits per heavy atom. The SMILES string of the molecule is CCOc1cc(/C=C2/SC(=O)N(C(C)C)C2=O)cc(Br)c1OCc1ccccc1. The van der Waals surface area contributed by atoms with Crippen molar-refractivity contribution in [1.29, 1.82) is 0 Å². The molecular formula is C22H22BrNO4S. The molecule has 2 amide bonds. The van der Waals surface area contributed by atoms with Gasteiger partial charge < -0.3 is 9.47 Å². The van der Waals surface area contributed by atoms with Gasteiger partial charge in [0.25, 0.3) is 11.1 Å². The lowest BCUT2D eigenvalue weighted by molar-refractivity contribution is -0.123. The van der Waals surface area contributed by atoms with E-state index < -0.39 is 0 Å². The largest absolute Gasteiger partial charge is 0.490 e. The number of rotatable bonds is 7. The fourth-order valence-electron chi connectivity index (χ4n) is 2.88. The second-order valence-electron chi connectivity index (χ2n) is 6.68. The van der Waals surface area contributed by atoms with E-state index in [1.165, 1.54) is 4.90 Å². The average molecular weight is 476 g/mol. The Labute approximate surface area is 183 Å². The van der Waals surface area contributed by atoms with Gasteiger partial charge in [-0.3, -0.25) is 14.5 Å². The van der Waals surface area contributed by atoms with Crippen LogP contribution in [0.2, 0.25) is 0 Å². The first-order valence-corrected chi connectivity index (χ1v) is 10.9. The van der Waals surface area contributed by atoms with E-state index in [2.05, 4.69) is 15.9 Å². The van der Waals surface area contributed by atoms with Gasteiger partial charge in [0, 0.05) is 6.04 Å². The van der Waals surface area contributed by atoms with Gasteiger partial charge in [0.15, 0.2) is 11.5 Å². The van der Waals surface area contributed by atoms with Gasteiger partial charge in [0.2, 0.25) is 0 Å². The summed E-state index contributed by atoms with van der Waals surface area (Å²) in [6.45, 7) is 6.42. The summed E-state index contributed by atoms with van der Waals surface area (Å²) in [5.41, 5.74) is 1.80. The highest BCUT2D eigenvalue weighted by Crippen LogP contribution is 2.40. The molecule has 0 radical (unpaired) electrons. The van der Waals surface area contributed by atoms with Crippen LogP contribution in [0.1, 0.15) is 31.9 Å². The van der Waals surface area contributed by atoms with Gasteiger partial charge in [0.1, 0.15) is 6.61 Å². The quantitative estimate of drug-likeness (QED) is 0.468. The molecule has 5 nitrogen and oxygen atoms in total. The molecule has 0 unspecified atom stereocenters. The highest BCUT2D eigenvalue weighted by molar-refractivity contribution is 9.10. The van der Waals surface area contributed by atoms with Gasteiger partial charge in [-0.1, -0.05) is 30.3 Å². The van der Waals surface area contributed by atoms with Gasteiger partial charge in [-0.05, 0) is 77.8 Å². The molecule has 2 aromatic rings.